The van der Waals surface area contributed by atoms with Crippen molar-refractivity contribution in [1.82, 2.24) is 20.3 Å². The number of fused-ring (bicyclic) bond motifs is 1. The second-order valence-electron chi connectivity index (χ2n) is 13.1. The van der Waals surface area contributed by atoms with Gasteiger partial charge in [0.25, 0.3) is 27.6 Å². The van der Waals surface area contributed by atoms with Gasteiger partial charge in [-0.25, -0.2) is 13.1 Å². The van der Waals surface area contributed by atoms with E-state index in [2.05, 4.69) is 10.6 Å². The van der Waals surface area contributed by atoms with Gasteiger partial charge in [0, 0.05) is 22.2 Å². The molecule has 0 aromatic heterocycles. The van der Waals surface area contributed by atoms with E-state index in [1.54, 1.807) is 26.0 Å². The molecular formula is C36H38ClF3N4O7S. The topological polar surface area (TPSA) is 159 Å². The number of rotatable bonds is 13. The number of sulfonamides is 1. The minimum absolute atomic E-state index is 0.000650. The number of benzene rings is 3. The van der Waals surface area contributed by atoms with Gasteiger partial charge >= 0.3 is 6.18 Å². The Morgan fingerprint density at radius 2 is 1.33 bits per heavy atom. The van der Waals surface area contributed by atoms with Gasteiger partial charge in [0.1, 0.15) is 6.04 Å². The van der Waals surface area contributed by atoms with Crippen LogP contribution in [-0.4, -0.2) is 73.6 Å². The summed E-state index contributed by atoms with van der Waals surface area (Å²) < 4.78 is 68.3. The smallest absolute Gasteiger partial charge is 0.340 e. The SMILES string of the molecule is CC(C)C(NC(=O)c1ccc(C(=O)NS(=O)(=O)c2ccc(Cl)cc2)cc1)C(=O)NC(=O)CN(C1Cc2ccccc2C1)C(C(=O)C(F)(F)F)C(C)C. The predicted molar refractivity (Wildman–Crippen MR) is 186 cm³/mol. The van der Waals surface area contributed by atoms with Crippen LogP contribution in [0.2, 0.25) is 5.02 Å². The summed E-state index contributed by atoms with van der Waals surface area (Å²) in [7, 11) is -4.22. The molecule has 11 nitrogen and oxygen atoms in total. The fourth-order valence-electron chi connectivity index (χ4n) is 6.04. The maximum Gasteiger partial charge on any atom is 0.451 e. The van der Waals surface area contributed by atoms with Gasteiger partial charge in [0.2, 0.25) is 11.8 Å². The molecule has 3 aromatic carbocycles. The Kier molecular flexibility index (Phi) is 12.7. The molecule has 2 atom stereocenters. The molecule has 1 aliphatic rings. The summed E-state index contributed by atoms with van der Waals surface area (Å²) in [6, 6.07) is 13.7. The van der Waals surface area contributed by atoms with E-state index in [4.69, 9.17) is 11.6 Å². The molecule has 0 fully saturated rings. The zero-order valence-corrected chi connectivity index (χ0v) is 30.2. The first kappa shape index (κ1) is 40.2. The molecule has 1 aliphatic carbocycles. The molecule has 0 saturated carbocycles. The average molecular weight is 763 g/mol. The molecular weight excluding hydrogens is 725 g/mol. The van der Waals surface area contributed by atoms with Crippen LogP contribution in [0.4, 0.5) is 13.2 Å². The minimum atomic E-state index is -5.16. The highest BCUT2D eigenvalue weighted by atomic mass is 35.5. The number of alkyl halides is 3. The molecule has 0 aliphatic heterocycles. The summed E-state index contributed by atoms with van der Waals surface area (Å²) >= 11 is 5.79. The molecule has 4 rings (SSSR count). The summed E-state index contributed by atoms with van der Waals surface area (Å²) in [5, 5.41) is 5.01. The Hall–Kier alpha value is -4.60. The van der Waals surface area contributed by atoms with E-state index in [1.165, 1.54) is 67.3 Å². The fraction of sp³-hybridized carbons (Fsp3) is 0.361. The highest BCUT2D eigenvalue weighted by Crippen LogP contribution is 2.31. The number of nitrogens with zero attached hydrogens (tertiary/aromatic N) is 1. The van der Waals surface area contributed by atoms with Gasteiger partial charge in [-0.1, -0.05) is 63.6 Å². The van der Waals surface area contributed by atoms with Crippen LogP contribution in [0, 0.1) is 11.8 Å². The third kappa shape index (κ3) is 9.83. The van der Waals surface area contributed by atoms with Crippen LogP contribution < -0.4 is 15.4 Å². The van der Waals surface area contributed by atoms with E-state index in [0.717, 1.165) is 11.1 Å². The van der Waals surface area contributed by atoms with Crippen LogP contribution in [0.15, 0.2) is 77.7 Å². The summed E-state index contributed by atoms with van der Waals surface area (Å²) in [5.41, 5.74) is 1.68. The third-order valence-electron chi connectivity index (χ3n) is 8.62. The Labute approximate surface area is 304 Å². The van der Waals surface area contributed by atoms with Gasteiger partial charge in [0.15, 0.2) is 0 Å². The van der Waals surface area contributed by atoms with Gasteiger partial charge < -0.3 is 5.32 Å². The molecule has 4 amide bonds. The largest absolute Gasteiger partial charge is 0.451 e. The molecule has 16 heteroatoms. The van der Waals surface area contributed by atoms with Gasteiger partial charge in [-0.3, -0.25) is 34.2 Å². The first-order chi connectivity index (χ1) is 24.3. The van der Waals surface area contributed by atoms with Gasteiger partial charge in [-0.2, -0.15) is 13.2 Å². The zero-order valence-electron chi connectivity index (χ0n) is 28.7. The van der Waals surface area contributed by atoms with Crippen molar-refractivity contribution in [2.45, 2.75) is 69.7 Å². The lowest BCUT2D eigenvalue weighted by Gasteiger charge is -2.37. The number of amides is 4. The Balaban J connectivity index is 1.44. The van der Waals surface area contributed by atoms with Crippen LogP contribution in [0.25, 0.3) is 0 Å². The monoisotopic (exact) mass is 762 g/mol. The number of carbonyl (C=O) groups excluding carboxylic acids is 5. The van der Waals surface area contributed by atoms with Crippen LogP contribution >= 0.6 is 11.6 Å². The lowest BCUT2D eigenvalue weighted by molar-refractivity contribution is -0.179. The number of ketones is 1. The number of hydrogen-bond donors (Lipinski definition) is 3. The highest BCUT2D eigenvalue weighted by molar-refractivity contribution is 7.90. The normalized spacial score (nSPS) is 14.5. The van der Waals surface area contributed by atoms with Gasteiger partial charge in [-0.15, -0.1) is 0 Å². The lowest BCUT2D eigenvalue weighted by Crippen LogP contribution is -2.58. The van der Waals surface area contributed by atoms with Gasteiger partial charge in [-0.05, 0) is 84.3 Å². The Morgan fingerprint density at radius 1 is 0.808 bits per heavy atom. The quantitative estimate of drug-likeness (QED) is 0.230. The van der Waals surface area contributed by atoms with Crippen molar-refractivity contribution < 1.29 is 45.6 Å². The standard InChI is InChI=1S/C36H38ClF3N4O7S/c1-20(2)30(42-33(47)22-9-11-23(12-10-22)34(48)43-52(50,51)28-15-13-26(37)14-16-28)35(49)41-29(45)19-44(31(21(3)4)32(46)36(38,39)40)27-17-24-7-5-6-8-25(24)18-27/h5-16,20-21,27,30-31H,17-19H2,1-4H3,(H,42,47)(H,43,48)(H,41,45,49). The molecule has 0 bridgehead atoms. The molecule has 0 saturated heterocycles. The van der Waals surface area contributed by atoms with Crippen molar-refractivity contribution in [3.8, 4) is 0 Å². The molecule has 3 aromatic rings. The number of halogens is 4. The number of Topliss-reactive ketones (excluding diaryl/α,β-unsaturated/α-hetero) is 1. The second-order valence-corrected chi connectivity index (χ2v) is 15.2. The van der Waals surface area contributed by atoms with E-state index in [9.17, 15) is 45.6 Å². The number of imide groups is 1. The maximum atomic E-state index is 13.8. The van der Waals surface area contributed by atoms with Crippen molar-refractivity contribution in [1.29, 1.82) is 0 Å². The predicted octanol–water partition coefficient (Wildman–Crippen LogP) is 4.48. The molecule has 52 heavy (non-hydrogen) atoms. The van der Waals surface area contributed by atoms with Crippen LogP contribution in [0.3, 0.4) is 0 Å². The van der Waals surface area contributed by atoms with E-state index >= 15 is 0 Å². The minimum Gasteiger partial charge on any atom is -0.340 e. The third-order valence-corrected chi connectivity index (χ3v) is 10.2. The van der Waals surface area contributed by atoms with Crippen molar-refractivity contribution in [3.05, 3.63) is 100 Å². The second kappa shape index (κ2) is 16.4. The van der Waals surface area contributed by atoms with E-state index in [-0.39, 0.29) is 16.0 Å². The van der Waals surface area contributed by atoms with E-state index in [0.29, 0.717) is 17.9 Å². The number of carbonyl (C=O) groups is 5. The van der Waals surface area contributed by atoms with Crippen LogP contribution in [-0.2, 0) is 37.2 Å². The van der Waals surface area contributed by atoms with Crippen molar-refractivity contribution >= 4 is 51.0 Å². The maximum absolute atomic E-state index is 13.8. The van der Waals surface area contributed by atoms with Crippen molar-refractivity contribution in [3.63, 3.8) is 0 Å². The highest BCUT2D eigenvalue weighted by Gasteiger charge is 2.49. The molecule has 0 heterocycles. The Bertz CT molecular complexity index is 1910. The molecule has 3 N–H and O–H groups in total. The molecule has 0 radical (unpaired) electrons. The first-order valence-corrected chi connectivity index (χ1v) is 18.2. The van der Waals surface area contributed by atoms with Gasteiger partial charge in [0.05, 0.1) is 17.5 Å². The summed E-state index contributed by atoms with van der Waals surface area (Å²) in [4.78, 5) is 66.1. The van der Waals surface area contributed by atoms with E-state index < -0.39 is 82.1 Å². The lowest BCUT2D eigenvalue weighted by atomic mass is 9.94. The van der Waals surface area contributed by atoms with Crippen LogP contribution in [0.1, 0.15) is 59.5 Å². The molecule has 0 spiro atoms. The number of hydrogen-bond acceptors (Lipinski definition) is 8. The summed E-state index contributed by atoms with van der Waals surface area (Å²) in [5.74, 6) is -6.98. The summed E-state index contributed by atoms with van der Waals surface area (Å²) in [6.45, 7) is 5.42. The van der Waals surface area contributed by atoms with E-state index in [1.807, 2.05) is 16.9 Å². The summed E-state index contributed by atoms with van der Waals surface area (Å²) in [6.07, 6.45) is -4.56. The number of nitrogens with one attached hydrogen (secondary N) is 3. The zero-order chi connectivity index (χ0) is 38.5. The Morgan fingerprint density at radius 3 is 1.81 bits per heavy atom. The van der Waals surface area contributed by atoms with Crippen LogP contribution in [0.5, 0.6) is 0 Å². The first-order valence-electron chi connectivity index (χ1n) is 16.3. The fourth-order valence-corrected chi connectivity index (χ4v) is 7.14. The van der Waals surface area contributed by atoms with Crippen molar-refractivity contribution in [2.75, 3.05) is 6.54 Å². The average Bonchev–Trinajstić information content (AvgIpc) is 3.50. The van der Waals surface area contributed by atoms with Crippen molar-refractivity contribution in [2.24, 2.45) is 11.8 Å². The molecule has 278 valence electrons. The molecule has 2 unspecified atom stereocenters.